The fourth-order valence-corrected chi connectivity index (χ4v) is 2.00. The van der Waals surface area contributed by atoms with Gasteiger partial charge in [-0.05, 0) is 37.2 Å². The third-order valence-corrected chi connectivity index (χ3v) is 2.91. The van der Waals surface area contributed by atoms with Gasteiger partial charge in [0.15, 0.2) is 0 Å². The molecule has 2 rings (SSSR count). The Balaban J connectivity index is 1.91. The summed E-state index contributed by atoms with van der Waals surface area (Å²) in [5, 5.41) is 0. The molecule has 1 aromatic rings. The van der Waals surface area contributed by atoms with Gasteiger partial charge in [-0.15, -0.1) is 0 Å². The molecule has 88 valence electrons. The van der Waals surface area contributed by atoms with E-state index < -0.39 is 0 Å². The van der Waals surface area contributed by atoms with Gasteiger partial charge in [-0.3, -0.25) is 9.88 Å². The Kier molecular flexibility index (Phi) is 4.27. The smallest absolute Gasteiger partial charge is 0.0953 e. The molecule has 1 unspecified atom stereocenters. The number of ether oxygens (including phenoxy) is 1. The standard InChI is InChI=1S/C12H19N3O/c13-4-1-7-15-8-9-16-12(10-15)11-2-5-14-6-3-11/h2-3,5-6,12H,1,4,7-10,13H2. The van der Waals surface area contributed by atoms with Crippen molar-refractivity contribution in [1.29, 1.82) is 0 Å². The molecule has 0 aliphatic carbocycles. The van der Waals surface area contributed by atoms with Crippen LogP contribution >= 0.6 is 0 Å². The third kappa shape index (κ3) is 3.01. The lowest BCUT2D eigenvalue weighted by molar-refractivity contribution is -0.0300. The van der Waals surface area contributed by atoms with Crippen molar-refractivity contribution in [2.45, 2.75) is 12.5 Å². The molecule has 2 heterocycles. The number of hydrogen-bond donors (Lipinski definition) is 1. The minimum absolute atomic E-state index is 0.189. The molecule has 1 aromatic heterocycles. The van der Waals surface area contributed by atoms with Crippen molar-refractivity contribution in [1.82, 2.24) is 9.88 Å². The second-order valence-electron chi connectivity index (χ2n) is 4.08. The van der Waals surface area contributed by atoms with Crippen molar-refractivity contribution in [3.63, 3.8) is 0 Å². The first-order chi connectivity index (χ1) is 7.90. The summed E-state index contributed by atoms with van der Waals surface area (Å²) in [6.07, 6.45) is 4.88. The summed E-state index contributed by atoms with van der Waals surface area (Å²) in [4.78, 5) is 6.44. The maximum Gasteiger partial charge on any atom is 0.0953 e. The van der Waals surface area contributed by atoms with Crippen LogP contribution in [0.3, 0.4) is 0 Å². The molecule has 0 amide bonds. The Hall–Kier alpha value is -0.970. The van der Waals surface area contributed by atoms with Crippen LogP contribution in [-0.4, -0.2) is 42.7 Å². The van der Waals surface area contributed by atoms with Gasteiger partial charge in [-0.1, -0.05) is 0 Å². The molecule has 4 nitrogen and oxygen atoms in total. The van der Waals surface area contributed by atoms with E-state index in [1.807, 2.05) is 24.5 Å². The highest BCUT2D eigenvalue weighted by atomic mass is 16.5. The van der Waals surface area contributed by atoms with E-state index in [-0.39, 0.29) is 6.10 Å². The van der Waals surface area contributed by atoms with Crippen molar-refractivity contribution in [2.75, 3.05) is 32.8 Å². The van der Waals surface area contributed by atoms with Gasteiger partial charge < -0.3 is 10.5 Å². The topological polar surface area (TPSA) is 51.4 Å². The first kappa shape index (κ1) is 11.5. The highest BCUT2D eigenvalue weighted by Crippen LogP contribution is 2.21. The molecule has 0 aromatic carbocycles. The van der Waals surface area contributed by atoms with Crippen LogP contribution < -0.4 is 5.73 Å². The molecule has 1 saturated heterocycles. The van der Waals surface area contributed by atoms with Crippen LogP contribution in [0.15, 0.2) is 24.5 Å². The number of aromatic nitrogens is 1. The van der Waals surface area contributed by atoms with Crippen LogP contribution in [0.1, 0.15) is 18.1 Å². The minimum atomic E-state index is 0.189. The maximum absolute atomic E-state index is 5.77. The number of nitrogens with zero attached hydrogens (tertiary/aromatic N) is 2. The van der Waals surface area contributed by atoms with Gasteiger partial charge in [-0.25, -0.2) is 0 Å². The highest BCUT2D eigenvalue weighted by molar-refractivity contribution is 5.14. The average molecular weight is 221 g/mol. The second kappa shape index (κ2) is 5.94. The van der Waals surface area contributed by atoms with E-state index in [9.17, 15) is 0 Å². The number of hydrogen-bond acceptors (Lipinski definition) is 4. The van der Waals surface area contributed by atoms with Crippen molar-refractivity contribution in [3.8, 4) is 0 Å². The number of nitrogens with two attached hydrogens (primary N) is 1. The van der Waals surface area contributed by atoms with Gasteiger partial charge in [0.1, 0.15) is 0 Å². The lowest BCUT2D eigenvalue weighted by Gasteiger charge is -2.33. The van der Waals surface area contributed by atoms with Crippen LogP contribution in [0.4, 0.5) is 0 Å². The number of pyridine rings is 1. The molecule has 0 radical (unpaired) electrons. The lowest BCUT2D eigenvalue weighted by Crippen LogP contribution is -2.39. The van der Waals surface area contributed by atoms with Gasteiger partial charge in [0.25, 0.3) is 0 Å². The Labute approximate surface area is 96.4 Å². The first-order valence-electron chi connectivity index (χ1n) is 5.84. The molecule has 1 atom stereocenters. The Morgan fingerprint density at radius 2 is 2.25 bits per heavy atom. The summed E-state index contributed by atoms with van der Waals surface area (Å²) in [6.45, 7) is 4.61. The molecule has 1 aliphatic heterocycles. The van der Waals surface area contributed by atoms with Gasteiger partial charge >= 0.3 is 0 Å². The fourth-order valence-electron chi connectivity index (χ4n) is 2.00. The van der Waals surface area contributed by atoms with Gasteiger partial charge in [0.2, 0.25) is 0 Å². The molecule has 0 bridgehead atoms. The second-order valence-corrected chi connectivity index (χ2v) is 4.08. The molecular formula is C12H19N3O. The van der Waals surface area contributed by atoms with E-state index in [0.717, 1.165) is 39.2 Å². The zero-order valence-corrected chi connectivity index (χ0v) is 9.51. The summed E-state index contributed by atoms with van der Waals surface area (Å²) < 4.78 is 5.77. The highest BCUT2D eigenvalue weighted by Gasteiger charge is 2.21. The lowest BCUT2D eigenvalue weighted by atomic mass is 10.1. The zero-order valence-electron chi connectivity index (χ0n) is 9.51. The molecular weight excluding hydrogens is 202 g/mol. The van der Waals surface area contributed by atoms with Gasteiger partial charge in [0.05, 0.1) is 12.7 Å². The predicted molar refractivity (Wildman–Crippen MR) is 63.0 cm³/mol. The minimum Gasteiger partial charge on any atom is -0.371 e. The van der Waals surface area contributed by atoms with Crippen molar-refractivity contribution in [2.24, 2.45) is 5.73 Å². The van der Waals surface area contributed by atoms with Crippen molar-refractivity contribution in [3.05, 3.63) is 30.1 Å². The molecule has 0 saturated carbocycles. The van der Waals surface area contributed by atoms with Gasteiger partial charge in [0, 0.05) is 25.5 Å². The van der Waals surface area contributed by atoms with Crippen LogP contribution in [-0.2, 0) is 4.74 Å². The summed E-state index contributed by atoms with van der Waals surface area (Å²) >= 11 is 0. The Bertz CT molecular complexity index is 304. The summed E-state index contributed by atoms with van der Waals surface area (Å²) in [5.41, 5.74) is 6.74. The molecule has 0 spiro atoms. The van der Waals surface area contributed by atoms with Crippen LogP contribution in [0.5, 0.6) is 0 Å². The van der Waals surface area contributed by atoms with E-state index in [1.165, 1.54) is 5.56 Å². The van der Waals surface area contributed by atoms with Crippen LogP contribution in [0.25, 0.3) is 0 Å². The molecule has 1 fully saturated rings. The number of morpholine rings is 1. The van der Waals surface area contributed by atoms with Crippen LogP contribution in [0.2, 0.25) is 0 Å². The van der Waals surface area contributed by atoms with E-state index in [4.69, 9.17) is 10.5 Å². The quantitative estimate of drug-likeness (QED) is 0.817. The summed E-state index contributed by atoms with van der Waals surface area (Å²) in [6, 6.07) is 4.05. The van der Waals surface area contributed by atoms with Crippen molar-refractivity contribution >= 4 is 0 Å². The molecule has 4 heteroatoms. The third-order valence-electron chi connectivity index (χ3n) is 2.91. The SMILES string of the molecule is NCCCN1CCOC(c2ccncc2)C1. The van der Waals surface area contributed by atoms with Crippen molar-refractivity contribution < 1.29 is 4.74 Å². The Morgan fingerprint density at radius 3 is 3.00 bits per heavy atom. The van der Waals surface area contributed by atoms with Crippen LogP contribution in [0, 0.1) is 0 Å². The largest absolute Gasteiger partial charge is 0.371 e. The van der Waals surface area contributed by atoms with E-state index >= 15 is 0 Å². The molecule has 16 heavy (non-hydrogen) atoms. The Morgan fingerprint density at radius 1 is 1.44 bits per heavy atom. The molecule has 1 aliphatic rings. The van der Waals surface area contributed by atoms with E-state index in [2.05, 4.69) is 9.88 Å². The first-order valence-corrected chi connectivity index (χ1v) is 5.84. The summed E-state index contributed by atoms with van der Waals surface area (Å²) in [7, 11) is 0. The molecule has 2 N–H and O–H groups in total. The zero-order chi connectivity index (χ0) is 11.2. The van der Waals surface area contributed by atoms with E-state index in [0.29, 0.717) is 0 Å². The predicted octanol–water partition coefficient (Wildman–Crippen LogP) is 0.804. The van der Waals surface area contributed by atoms with E-state index in [1.54, 1.807) is 0 Å². The maximum atomic E-state index is 5.77. The fraction of sp³-hybridized carbons (Fsp3) is 0.583. The van der Waals surface area contributed by atoms with Gasteiger partial charge in [-0.2, -0.15) is 0 Å². The summed E-state index contributed by atoms with van der Waals surface area (Å²) in [5.74, 6) is 0. The normalized spacial score (nSPS) is 22.2. The number of rotatable bonds is 4. The average Bonchev–Trinajstić information content (AvgIpc) is 2.38. The monoisotopic (exact) mass is 221 g/mol.